The van der Waals surface area contributed by atoms with Crippen molar-refractivity contribution in [1.82, 2.24) is 4.57 Å². The zero-order valence-corrected chi connectivity index (χ0v) is 16.2. The van der Waals surface area contributed by atoms with Gasteiger partial charge in [-0.15, -0.1) is 0 Å². The standard InChI is InChI=1S/C20H15Cl2F2NO3/c1-11-6-18(28-10-13-3-4-14(23)8-16(13)24)19(22)20(27)25(11)17-7-12(9-26)2-5-15(17)21/h2-8,26H,9-10H2,1H3. The van der Waals surface area contributed by atoms with Crippen LogP contribution >= 0.6 is 23.2 Å². The predicted molar refractivity (Wildman–Crippen MR) is 103 cm³/mol. The summed E-state index contributed by atoms with van der Waals surface area (Å²) in [5.74, 6) is -1.38. The van der Waals surface area contributed by atoms with Crippen molar-refractivity contribution in [1.29, 1.82) is 0 Å². The lowest BCUT2D eigenvalue weighted by Gasteiger charge is -2.16. The Hall–Kier alpha value is -2.41. The van der Waals surface area contributed by atoms with Crippen LogP contribution in [-0.4, -0.2) is 9.67 Å². The maximum absolute atomic E-state index is 13.8. The van der Waals surface area contributed by atoms with Gasteiger partial charge in [-0.1, -0.05) is 29.3 Å². The molecule has 0 fully saturated rings. The van der Waals surface area contributed by atoms with Crippen LogP contribution in [-0.2, 0) is 13.2 Å². The summed E-state index contributed by atoms with van der Waals surface area (Å²) >= 11 is 12.4. The van der Waals surface area contributed by atoms with E-state index >= 15 is 0 Å². The number of aliphatic hydroxyl groups is 1. The van der Waals surface area contributed by atoms with Crippen LogP contribution < -0.4 is 10.3 Å². The van der Waals surface area contributed by atoms with E-state index in [2.05, 4.69) is 0 Å². The summed E-state index contributed by atoms with van der Waals surface area (Å²) in [6.07, 6.45) is 0. The van der Waals surface area contributed by atoms with E-state index in [4.69, 9.17) is 27.9 Å². The van der Waals surface area contributed by atoms with Crippen LogP contribution in [0.15, 0.2) is 47.3 Å². The minimum absolute atomic E-state index is 0.0681. The summed E-state index contributed by atoms with van der Waals surface area (Å²) in [6, 6.07) is 9.44. The van der Waals surface area contributed by atoms with Crippen molar-refractivity contribution >= 4 is 23.2 Å². The van der Waals surface area contributed by atoms with Gasteiger partial charge in [0.05, 0.1) is 17.3 Å². The molecule has 1 aromatic heterocycles. The number of aryl methyl sites for hydroxylation is 1. The predicted octanol–water partition coefficient (Wildman–Crippen LogP) is 4.80. The van der Waals surface area contributed by atoms with Gasteiger partial charge in [-0.05, 0) is 36.8 Å². The van der Waals surface area contributed by atoms with Crippen molar-refractivity contribution in [2.24, 2.45) is 0 Å². The molecule has 0 radical (unpaired) electrons. The number of nitrogens with zero attached hydrogens (tertiary/aromatic N) is 1. The molecule has 0 unspecified atom stereocenters. The van der Waals surface area contributed by atoms with E-state index < -0.39 is 17.2 Å². The third kappa shape index (κ3) is 4.04. The van der Waals surface area contributed by atoms with E-state index in [-0.39, 0.29) is 29.5 Å². The zero-order valence-electron chi connectivity index (χ0n) is 14.7. The number of aromatic nitrogens is 1. The van der Waals surface area contributed by atoms with E-state index in [0.29, 0.717) is 22.0 Å². The van der Waals surface area contributed by atoms with Gasteiger partial charge in [0.25, 0.3) is 5.56 Å². The molecule has 0 aliphatic carbocycles. The van der Waals surface area contributed by atoms with Crippen LogP contribution in [0.5, 0.6) is 5.75 Å². The molecule has 1 N–H and O–H groups in total. The first-order valence-electron chi connectivity index (χ1n) is 8.20. The molecule has 4 nitrogen and oxygen atoms in total. The van der Waals surface area contributed by atoms with Crippen molar-refractivity contribution in [2.45, 2.75) is 20.1 Å². The summed E-state index contributed by atoms with van der Waals surface area (Å²) in [4.78, 5) is 12.8. The number of ether oxygens (including phenoxy) is 1. The minimum Gasteiger partial charge on any atom is -0.487 e. The molecule has 2 aromatic carbocycles. The van der Waals surface area contributed by atoms with Crippen LogP contribution in [0.1, 0.15) is 16.8 Å². The summed E-state index contributed by atoms with van der Waals surface area (Å²) < 4.78 is 33.6. The Kier molecular flexibility index (Phi) is 6.03. The molecule has 0 amide bonds. The highest BCUT2D eigenvalue weighted by molar-refractivity contribution is 6.33. The van der Waals surface area contributed by atoms with Crippen LogP contribution in [0.3, 0.4) is 0 Å². The topological polar surface area (TPSA) is 51.5 Å². The van der Waals surface area contributed by atoms with Crippen LogP contribution in [0, 0.1) is 18.6 Å². The highest BCUT2D eigenvalue weighted by Crippen LogP contribution is 2.28. The van der Waals surface area contributed by atoms with E-state index in [1.807, 2.05) is 0 Å². The maximum atomic E-state index is 13.8. The van der Waals surface area contributed by atoms with E-state index in [1.54, 1.807) is 25.1 Å². The molecule has 0 aliphatic heterocycles. The normalized spacial score (nSPS) is 10.9. The van der Waals surface area contributed by atoms with E-state index in [1.165, 1.54) is 16.7 Å². The van der Waals surface area contributed by atoms with Crippen molar-refractivity contribution in [2.75, 3.05) is 0 Å². The lowest BCUT2D eigenvalue weighted by molar-refractivity contribution is 0.282. The molecule has 0 bridgehead atoms. The molecule has 0 atom stereocenters. The first-order chi connectivity index (χ1) is 13.3. The van der Waals surface area contributed by atoms with Gasteiger partial charge in [0.1, 0.15) is 29.0 Å². The summed E-state index contributed by atoms with van der Waals surface area (Å²) in [5, 5.41) is 9.42. The Balaban J connectivity index is 1.98. The fourth-order valence-electron chi connectivity index (χ4n) is 2.71. The fraction of sp³-hybridized carbons (Fsp3) is 0.150. The Morgan fingerprint density at radius 2 is 1.86 bits per heavy atom. The monoisotopic (exact) mass is 425 g/mol. The van der Waals surface area contributed by atoms with Crippen molar-refractivity contribution in [3.8, 4) is 11.4 Å². The number of hydrogen-bond acceptors (Lipinski definition) is 3. The molecule has 3 rings (SSSR count). The third-order valence-electron chi connectivity index (χ3n) is 4.13. The zero-order chi connectivity index (χ0) is 20.4. The highest BCUT2D eigenvalue weighted by atomic mass is 35.5. The van der Waals surface area contributed by atoms with Crippen LogP contribution in [0.25, 0.3) is 5.69 Å². The first-order valence-corrected chi connectivity index (χ1v) is 8.96. The molecule has 146 valence electrons. The Morgan fingerprint density at radius 1 is 1.11 bits per heavy atom. The number of rotatable bonds is 5. The molecule has 1 heterocycles. The van der Waals surface area contributed by atoms with Gasteiger partial charge >= 0.3 is 0 Å². The van der Waals surface area contributed by atoms with E-state index in [0.717, 1.165) is 12.1 Å². The minimum atomic E-state index is -0.756. The number of benzene rings is 2. The fourth-order valence-corrected chi connectivity index (χ4v) is 3.10. The van der Waals surface area contributed by atoms with Gasteiger partial charge in [0.15, 0.2) is 0 Å². The van der Waals surface area contributed by atoms with Crippen molar-refractivity contribution < 1.29 is 18.6 Å². The van der Waals surface area contributed by atoms with Gasteiger partial charge in [-0.2, -0.15) is 0 Å². The van der Waals surface area contributed by atoms with Crippen LogP contribution in [0.2, 0.25) is 10.0 Å². The molecule has 0 saturated carbocycles. The first kappa shape index (κ1) is 20.3. The average molecular weight is 426 g/mol. The second-order valence-corrected chi connectivity index (χ2v) is 6.86. The number of halogens is 4. The third-order valence-corrected chi connectivity index (χ3v) is 4.80. The Morgan fingerprint density at radius 3 is 2.54 bits per heavy atom. The quantitative estimate of drug-likeness (QED) is 0.638. The van der Waals surface area contributed by atoms with Crippen LogP contribution in [0.4, 0.5) is 8.78 Å². The highest BCUT2D eigenvalue weighted by Gasteiger charge is 2.17. The molecule has 0 saturated heterocycles. The Labute approximate surface area is 169 Å². The second kappa shape index (κ2) is 8.31. The average Bonchev–Trinajstić information content (AvgIpc) is 2.66. The number of aliphatic hydroxyl groups excluding tert-OH is 1. The Bertz CT molecular complexity index is 1100. The number of pyridine rings is 1. The summed E-state index contributed by atoms with van der Waals surface area (Å²) in [7, 11) is 0. The lowest BCUT2D eigenvalue weighted by atomic mass is 10.2. The van der Waals surface area contributed by atoms with Gasteiger partial charge < -0.3 is 9.84 Å². The molecular weight excluding hydrogens is 411 g/mol. The van der Waals surface area contributed by atoms with Crippen molar-refractivity contribution in [3.05, 3.63) is 91.3 Å². The summed E-state index contributed by atoms with van der Waals surface area (Å²) in [5.41, 5.74) is 0.967. The molecule has 0 aliphatic rings. The number of hydrogen-bond donors (Lipinski definition) is 1. The maximum Gasteiger partial charge on any atom is 0.277 e. The largest absolute Gasteiger partial charge is 0.487 e. The molecule has 28 heavy (non-hydrogen) atoms. The molecule has 8 heteroatoms. The van der Waals surface area contributed by atoms with Gasteiger partial charge in [-0.25, -0.2) is 8.78 Å². The van der Waals surface area contributed by atoms with Gasteiger partial charge in [0, 0.05) is 23.4 Å². The van der Waals surface area contributed by atoms with Gasteiger partial charge in [-0.3, -0.25) is 9.36 Å². The smallest absolute Gasteiger partial charge is 0.277 e. The molecule has 3 aromatic rings. The summed E-state index contributed by atoms with van der Waals surface area (Å²) in [6.45, 7) is 1.22. The second-order valence-electron chi connectivity index (χ2n) is 6.07. The molecular formula is C20H15Cl2F2NO3. The van der Waals surface area contributed by atoms with Gasteiger partial charge in [0.2, 0.25) is 0 Å². The molecule has 0 spiro atoms. The van der Waals surface area contributed by atoms with Crippen molar-refractivity contribution in [3.63, 3.8) is 0 Å². The lowest BCUT2D eigenvalue weighted by Crippen LogP contribution is -2.22. The SMILES string of the molecule is Cc1cc(OCc2ccc(F)cc2F)c(Cl)c(=O)n1-c1cc(CO)ccc1Cl. The van der Waals surface area contributed by atoms with E-state index in [9.17, 15) is 18.7 Å².